The molecule has 0 saturated carbocycles. The number of carbonyl (C=O) groups is 1. The third kappa shape index (κ3) is 31.4. The molecule has 2 nitrogen and oxygen atoms in total. The van der Waals surface area contributed by atoms with E-state index in [1.807, 2.05) is 0 Å². The Bertz CT molecular complexity index is 393. The standard InChI is InChI=1S/C33H66O2/c1-3-5-7-8-9-10-11-12-13-14-15-16-17-18-19-20-21-22-23-24-25-26-27-28-29-30-31-33(34)35-32-6-4-2/h3-32H2,1-2H3. The number of hydrogen-bond donors (Lipinski definition) is 0. The molecule has 0 bridgehead atoms. The van der Waals surface area contributed by atoms with Crippen LogP contribution in [0.5, 0.6) is 0 Å². The molecule has 2 heteroatoms. The van der Waals surface area contributed by atoms with Crippen LogP contribution in [0.3, 0.4) is 0 Å². The smallest absolute Gasteiger partial charge is 0.305 e. The normalized spacial score (nSPS) is 11.3. The Kier molecular flexibility index (Phi) is 31.0. The molecule has 35 heavy (non-hydrogen) atoms. The number of carbonyl (C=O) groups excluding carboxylic acids is 1. The second kappa shape index (κ2) is 31.5. The number of hydrogen-bond acceptors (Lipinski definition) is 2. The minimum Gasteiger partial charge on any atom is -0.466 e. The van der Waals surface area contributed by atoms with Crippen LogP contribution in [0.1, 0.15) is 200 Å². The summed E-state index contributed by atoms with van der Waals surface area (Å²) in [4.78, 5) is 11.5. The average molecular weight is 495 g/mol. The van der Waals surface area contributed by atoms with Crippen molar-refractivity contribution >= 4 is 5.97 Å². The Hall–Kier alpha value is -0.530. The summed E-state index contributed by atoms with van der Waals surface area (Å²) in [6.07, 6.45) is 39.4. The molecule has 0 rings (SSSR count). The highest BCUT2D eigenvalue weighted by molar-refractivity contribution is 5.69. The zero-order chi connectivity index (χ0) is 25.5. The van der Waals surface area contributed by atoms with Crippen LogP contribution in [0.15, 0.2) is 0 Å². The van der Waals surface area contributed by atoms with E-state index in [1.54, 1.807) is 0 Å². The van der Waals surface area contributed by atoms with Crippen LogP contribution >= 0.6 is 0 Å². The molecule has 0 aliphatic rings. The van der Waals surface area contributed by atoms with Crippen LogP contribution in [0.2, 0.25) is 0 Å². The van der Waals surface area contributed by atoms with E-state index >= 15 is 0 Å². The van der Waals surface area contributed by atoms with E-state index in [9.17, 15) is 4.79 Å². The number of ether oxygens (including phenoxy) is 1. The van der Waals surface area contributed by atoms with Crippen molar-refractivity contribution in [2.75, 3.05) is 6.61 Å². The first-order chi connectivity index (χ1) is 17.3. The Labute approximate surface area is 222 Å². The van der Waals surface area contributed by atoms with Crippen molar-refractivity contribution in [1.82, 2.24) is 0 Å². The van der Waals surface area contributed by atoms with Gasteiger partial charge in [-0.1, -0.05) is 181 Å². The fraction of sp³-hybridized carbons (Fsp3) is 0.970. The summed E-state index contributed by atoms with van der Waals surface area (Å²) in [7, 11) is 0. The minimum atomic E-state index is 0.00259. The quantitative estimate of drug-likeness (QED) is 0.0732. The Morgan fingerprint density at radius 2 is 0.629 bits per heavy atom. The fourth-order valence-electron chi connectivity index (χ4n) is 4.99. The topological polar surface area (TPSA) is 26.3 Å². The first-order valence-corrected chi connectivity index (χ1v) is 16.5. The molecule has 0 unspecified atom stereocenters. The molecule has 0 saturated heterocycles. The van der Waals surface area contributed by atoms with Gasteiger partial charge < -0.3 is 4.74 Å². The van der Waals surface area contributed by atoms with Crippen molar-refractivity contribution in [2.45, 2.75) is 200 Å². The third-order valence-corrected chi connectivity index (χ3v) is 7.50. The summed E-state index contributed by atoms with van der Waals surface area (Å²) >= 11 is 0. The average Bonchev–Trinajstić information content (AvgIpc) is 2.86. The maximum absolute atomic E-state index is 11.5. The molecule has 0 atom stereocenters. The summed E-state index contributed by atoms with van der Waals surface area (Å²) in [5, 5.41) is 0. The van der Waals surface area contributed by atoms with Gasteiger partial charge in [0.05, 0.1) is 6.61 Å². The molecule has 0 fully saturated rings. The van der Waals surface area contributed by atoms with E-state index in [1.165, 1.54) is 161 Å². The van der Waals surface area contributed by atoms with Gasteiger partial charge in [0.25, 0.3) is 0 Å². The molecular formula is C33H66O2. The van der Waals surface area contributed by atoms with Crippen molar-refractivity contribution in [1.29, 1.82) is 0 Å². The number of esters is 1. The van der Waals surface area contributed by atoms with Gasteiger partial charge in [-0.05, 0) is 12.8 Å². The first-order valence-electron chi connectivity index (χ1n) is 16.5. The highest BCUT2D eigenvalue weighted by atomic mass is 16.5. The maximum atomic E-state index is 11.5. The lowest BCUT2D eigenvalue weighted by Crippen LogP contribution is -2.05. The first kappa shape index (κ1) is 34.5. The molecular weight excluding hydrogens is 428 g/mol. The van der Waals surface area contributed by atoms with Gasteiger partial charge in [-0.2, -0.15) is 0 Å². The van der Waals surface area contributed by atoms with Crippen LogP contribution in [0.25, 0.3) is 0 Å². The van der Waals surface area contributed by atoms with Crippen molar-refractivity contribution < 1.29 is 9.53 Å². The zero-order valence-electron chi connectivity index (χ0n) is 24.5. The zero-order valence-corrected chi connectivity index (χ0v) is 24.5. The molecule has 0 heterocycles. The molecule has 0 aromatic heterocycles. The predicted molar refractivity (Wildman–Crippen MR) is 156 cm³/mol. The van der Waals surface area contributed by atoms with Crippen LogP contribution in [0.4, 0.5) is 0 Å². The second-order valence-electron chi connectivity index (χ2n) is 11.2. The minimum absolute atomic E-state index is 0.00259. The lowest BCUT2D eigenvalue weighted by Gasteiger charge is -2.05. The molecule has 210 valence electrons. The molecule has 0 amide bonds. The van der Waals surface area contributed by atoms with E-state index in [4.69, 9.17) is 4.74 Å². The summed E-state index contributed by atoms with van der Waals surface area (Å²) < 4.78 is 5.20. The highest BCUT2D eigenvalue weighted by Gasteiger charge is 2.02. The number of rotatable bonds is 30. The van der Waals surface area contributed by atoms with Gasteiger partial charge in [-0.15, -0.1) is 0 Å². The Balaban J connectivity index is 3.06. The molecule has 0 aliphatic heterocycles. The van der Waals surface area contributed by atoms with Gasteiger partial charge in [0.2, 0.25) is 0 Å². The Morgan fingerprint density at radius 3 is 0.914 bits per heavy atom. The van der Waals surface area contributed by atoms with Crippen LogP contribution in [-0.4, -0.2) is 12.6 Å². The fourth-order valence-corrected chi connectivity index (χ4v) is 4.99. The van der Waals surface area contributed by atoms with Gasteiger partial charge in [0, 0.05) is 6.42 Å². The van der Waals surface area contributed by atoms with E-state index in [0.29, 0.717) is 13.0 Å². The summed E-state index contributed by atoms with van der Waals surface area (Å²) in [5.74, 6) is 0.00259. The van der Waals surface area contributed by atoms with Gasteiger partial charge >= 0.3 is 5.97 Å². The molecule has 0 aromatic carbocycles. The lowest BCUT2D eigenvalue weighted by atomic mass is 10.0. The summed E-state index contributed by atoms with van der Waals surface area (Å²) in [6.45, 7) is 5.03. The van der Waals surface area contributed by atoms with Crippen LogP contribution in [0, 0.1) is 0 Å². The van der Waals surface area contributed by atoms with Gasteiger partial charge in [-0.25, -0.2) is 0 Å². The van der Waals surface area contributed by atoms with Crippen LogP contribution < -0.4 is 0 Å². The molecule has 0 radical (unpaired) electrons. The molecule has 0 aliphatic carbocycles. The van der Waals surface area contributed by atoms with E-state index in [0.717, 1.165) is 19.3 Å². The van der Waals surface area contributed by atoms with E-state index in [-0.39, 0.29) is 5.97 Å². The Morgan fingerprint density at radius 1 is 0.371 bits per heavy atom. The lowest BCUT2D eigenvalue weighted by molar-refractivity contribution is -0.143. The highest BCUT2D eigenvalue weighted by Crippen LogP contribution is 2.16. The van der Waals surface area contributed by atoms with Gasteiger partial charge in [0.15, 0.2) is 0 Å². The predicted octanol–water partition coefficient (Wildman–Crippen LogP) is 11.9. The van der Waals surface area contributed by atoms with Crippen molar-refractivity contribution in [2.24, 2.45) is 0 Å². The SMILES string of the molecule is CCCCCCCCCCCCCCCCCCCCCCCCCCCCC(=O)OCCCC. The van der Waals surface area contributed by atoms with Crippen molar-refractivity contribution in [3.05, 3.63) is 0 Å². The monoisotopic (exact) mass is 495 g/mol. The van der Waals surface area contributed by atoms with Crippen LogP contribution in [-0.2, 0) is 9.53 Å². The van der Waals surface area contributed by atoms with E-state index in [2.05, 4.69) is 13.8 Å². The summed E-state index contributed by atoms with van der Waals surface area (Å²) in [6, 6.07) is 0. The summed E-state index contributed by atoms with van der Waals surface area (Å²) in [5.41, 5.74) is 0. The largest absolute Gasteiger partial charge is 0.466 e. The maximum Gasteiger partial charge on any atom is 0.305 e. The van der Waals surface area contributed by atoms with Crippen molar-refractivity contribution in [3.63, 3.8) is 0 Å². The van der Waals surface area contributed by atoms with Gasteiger partial charge in [0.1, 0.15) is 0 Å². The second-order valence-corrected chi connectivity index (χ2v) is 11.2. The van der Waals surface area contributed by atoms with E-state index < -0.39 is 0 Å². The third-order valence-electron chi connectivity index (χ3n) is 7.50. The molecule has 0 aromatic rings. The number of unbranched alkanes of at least 4 members (excludes halogenated alkanes) is 26. The van der Waals surface area contributed by atoms with Gasteiger partial charge in [-0.3, -0.25) is 4.79 Å². The molecule has 0 N–H and O–H groups in total. The molecule has 0 spiro atoms. The van der Waals surface area contributed by atoms with Crippen molar-refractivity contribution in [3.8, 4) is 0 Å².